The van der Waals surface area contributed by atoms with E-state index >= 15 is 0 Å². The third-order valence-corrected chi connectivity index (χ3v) is 6.66. The summed E-state index contributed by atoms with van der Waals surface area (Å²) in [4.78, 5) is 13.7. The lowest BCUT2D eigenvalue weighted by Gasteiger charge is -2.39. The summed E-state index contributed by atoms with van der Waals surface area (Å²) >= 11 is 7.35. The molecule has 0 unspecified atom stereocenters. The van der Waals surface area contributed by atoms with Crippen molar-refractivity contribution in [3.63, 3.8) is 0 Å². The number of aryl methyl sites for hydroxylation is 1. The monoisotopic (exact) mass is 482 g/mol. The van der Waals surface area contributed by atoms with Gasteiger partial charge in [0.05, 0.1) is 31.4 Å². The molecule has 0 aliphatic carbocycles. The molecule has 1 aliphatic rings. The van der Waals surface area contributed by atoms with Crippen molar-refractivity contribution in [3.05, 3.63) is 46.2 Å². The number of nitrogens with zero attached hydrogens (tertiary/aromatic N) is 3. The van der Waals surface area contributed by atoms with Gasteiger partial charge < -0.3 is 14.8 Å². The SMILES string of the molecule is COc1nc(Nc2cc(C)cc(-c3cnc(C4(NS(N)(=O)=O)COC4)s3)c2)ncc1Cl. The van der Waals surface area contributed by atoms with Crippen LogP contribution in [0.5, 0.6) is 5.88 Å². The van der Waals surface area contributed by atoms with E-state index in [0.717, 1.165) is 21.7 Å². The fourth-order valence-corrected chi connectivity index (χ4v) is 5.13. The van der Waals surface area contributed by atoms with E-state index < -0.39 is 15.7 Å². The molecule has 0 bridgehead atoms. The number of nitrogens with two attached hydrogens (primary N) is 1. The van der Waals surface area contributed by atoms with Crippen molar-refractivity contribution < 1.29 is 17.9 Å². The van der Waals surface area contributed by atoms with Crippen LogP contribution in [0.3, 0.4) is 0 Å². The molecule has 31 heavy (non-hydrogen) atoms. The minimum Gasteiger partial charge on any atom is -0.480 e. The highest BCUT2D eigenvalue weighted by Gasteiger charge is 2.45. The van der Waals surface area contributed by atoms with Gasteiger partial charge in [-0.15, -0.1) is 11.3 Å². The normalized spacial score (nSPS) is 15.4. The summed E-state index contributed by atoms with van der Waals surface area (Å²) < 4.78 is 35.9. The molecule has 2 aromatic heterocycles. The van der Waals surface area contributed by atoms with E-state index in [1.165, 1.54) is 24.6 Å². The van der Waals surface area contributed by atoms with Gasteiger partial charge in [0, 0.05) is 11.9 Å². The molecule has 3 heterocycles. The fourth-order valence-electron chi connectivity index (χ4n) is 3.11. The van der Waals surface area contributed by atoms with E-state index in [1.807, 2.05) is 25.1 Å². The summed E-state index contributed by atoms with van der Waals surface area (Å²) in [6.07, 6.45) is 3.16. The Kier molecular flexibility index (Phi) is 5.85. The molecule has 1 fully saturated rings. The molecule has 3 aromatic rings. The van der Waals surface area contributed by atoms with Crippen molar-refractivity contribution in [2.24, 2.45) is 5.14 Å². The zero-order valence-electron chi connectivity index (χ0n) is 16.5. The van der Waals surface area contributed by atoms with Crippen LogP contribution in [0, 0.1) is 6.92 Å². The fraction of sp³-hybridized carbons (Fsp3) is 0.278. The first kappa shape index (κ1) is 21.9. The summed E-state index contributed by atoms with van der Waals surface area (Å²) in [7, 11) is -2.43. The molecule has 13 heteroatoms. The molecule has 1 aromatic carbocycles. The van der Waals surface area contributed by atoms with Gasteiger partial charge in [0.25, 0.3) is 10.2 Å². The van der Waals surface area contributed by atoms with Gasteiger partial charge >= 0.3 is 0 Å². The largest absolute Gasteiger partial charge is 0.480 e. The van der Waals surface area contributed by atoms with Crippen molar-refractivity contribution in [1.82, 2.24) is 19.7 Å². The number of methoxy groups -OCH3 is 1. The first-order valence-electron chi connectivity index (χ1n) is 8.99. The van der Waals surface area contributed by atoms with Crippen molar-refractivity contribution in [2.45, 2.75) is 12.5 Å². The molecule has 0 amide bonds. The van der Waals surface area contributed by atoms with E-state index in [0.29, 0.717) is 16.0 Å². The lowest BCUT2D eigenvalue weighted by molar-refractivity contribution is -0.0664. The second-order valence-electron chi connectivity index (χ2n) is 7.02. The van der Waals surface area contributed by atoms with Crippen molar-refractivity contribution in [2.75, 3.05) is 25.6 Å². The Hall–Kier alpha value is -2.35. The lowest BCUT2D eigenvalue weighted by Crippen LogP contribution is -2.60. The van der Waals surface area contributed by atoms with Crippen LogP contribution >= 0.6 is 22.9 Å². The van der Waals surface area contributed by atoms with Gasteiger partial charge in [-0.3, -0.25) is 0 Å². The standard InChI is InChI=1S/C18H19ClN6O4S2/c1-10-3-11(5-12(4-10)23-17-22-6-13(19)15(24-17)28-2)14-7-21-16(30-14)18(8-29-9-18)25-31(20,26)27/h3-7,25H,8-9H2,1-2H3,(H2,20,26,27)(H,22,23,24). The van der Waals surface area contributed by atoms with Crippen molar-refractivity contribution in [1.29, 1.82) is 0 Å². The van der Waals surface area contributed by atoms with Crippen LogP contribution in [0.2, 0.25) is 5.02 Å². The summed E-state index contributed by atoms with van der Waals surface area (Å²) in [5.41, 5.74) is 1.73. The van der Waals surface area contributed by atoms with E-state index in [1.54, 1.807) is 6.20 Å². The zero-order chi connectivity index (χ0) is 22.2. The topological polar surface area (TPSA) is 141 Å². The maximum absolute atomic E-state index is 11.6. The number of aromatic nitrogens is 3. The molecular weight excluding hydrogens is 464 g/mol. The Bertz CT molecular complexity index is 1230. The Labute approximate surface area is 188 Å². The third kappa shape index (κ3) is 4.79. The summed E-state index contributed by atoms with van der Waals surface area (Å²) in [5, 5.41) is 9.22. The highest BCUT2D eigenvalue weighted by molar-refractivity contribution is 7.87. The van der Waals surface area contributed by atoms with E-state index in [4.69, 9.17) is 26.2 Å². The molecular formula is C18H19ClN6O4S2. The van der Waals surface area contributed by atoms with Gasteiger partial charge in [0.2, 0.25) is 11.8 Å². The van der Waals surface area contributed by atoms with Crippen LogP contribution in [0.25, 0.3) is 10.4 Å². The van der Waals surface area contributed by atoms with Crippen molar-refractivity contribution >= 4 is 44.8 Å². The van der Waals surface area contributed by atoms with Crippen LogP contribution in [0.15, 0.2) is 30.6 Å². The number of halogens is 1. The molecule has 10 nitrogen and oxygen atoms in total. The summed E-state index contributed by atoms with van der Waals surface area (Å²) in [5.74, 6) is 0.611. The maximum Gasteiger partial charge on any atom is 0.275 e. The Morgan fingerprint density at radius 3 is 2.68 bits per heavy atom. The smallest absolute Gasteiger partial charge is 0.275 e. The highest BCUT2D eigenvalue weighted by atomic mass is 35.5. The molecule has 164 valence electrons. The average molecular weight is 483 g/mol. The minimum atomic E-state index is -3.91. The number of ether oxygens (including phenoxy) is 2. The van der Waals surface area contributed by atoms with Crippen LogP contribution in [0.1, 0.15) is 10.6 Å². The second kappa shape index (κ2) is 8.30. The van der Waals surface area contributed by atoms with Crippen LogP contribution in [-0.4, -0.2) is 43.7 Å². The second-order valence-corrected chi connectivity index (χ2v) is 9.75. The Balaban J connectivity index is 1.62. The number of hydrogen-bond donors (Lipinski definition) is 3. The zero-order valence-corrected chi connectivity index (χ0v) is 18.9. The van der Waals surface area contributed by atoms with Crippen LogP contribution in [-0.2, 0) is 20.5 Å². The highest BCUT2D eigenvalue weighted by Crippen LogP contribution is 2.37. The van der Waals surface area contributed by atoms with Crippen LogP contribution in [0.4, 0.5) is 11.6 Å². The van der Waals surface area contributed by atoms with Gasteiger partial charge in [-0.2, -0.15) is 18.1 Å². The quantitative estimate of drug-likeness (QED) is 0.465. The van der Waals surface area contributed by atoms with Gasteiger partial charge in [0.15, 0.2) is 0 Å². The third-order valence-electron chi connectivity index (χ3n) is 4.47. The number of rotatable bonds is 7. The van der Waals surface area contributed by atoms with Gasteiger partial charge in [-0.25, -0.2) is 15.1 Å². The number of thiazole rings is 1. The predicted octanol–water partition coefficient (Wildman–Crippen LogP) is 2.33. The van der Waals surface area contributed by atoms with Gasteiger partial charge in [0.1, 0.15) is 15.6 Å². The van der Waals surface area contributed by atoms with Gasteiger partial charge in [-0.05, 0) is 30.2 Å². The van der Waals surface area contributed by atoms with E-state index in [2.05, 4.69) is 25.0 Å². The Morgan fingerprint density at radius 2 is 2.03 bits per heavy atom. The number of benzene rings is 1. The van der Waals surface area contributed by atoms with Gasteiger partial charge in [-0.1, -0.05) is 17.7 Å². The summed E-state index contributed by atoms with van der Waals surface area (Å²) in [6.45, 7) is 2.31. The molecule has 4 N–H and O–H groups in total. The number of hydrogen-bond acceptors (Lipinski definition) is 9. The molecule has 4 rings (SSSR count). The molecule has 1 aliphatic heterocycles. The molecule has 0 atom stereocenters. The van der Waals surface area contributed by atoms with E-state index in [-0.39, 0.29) is 19.1 Å². The lowest BCUT2D eigenvalue weighted by atomic mass is 10.0. The summed E-state index contributed by atoms with van der Waals surface area (Å²) in [6, 6.07) is 5.87. The van der Waals surface area contributed by atoms with E-state index in [9.17, 15) is 8.42 Å². The molecule has 0 radical (unpaired) electrons. The van der Waals surface area contributed by atoms with Crippen LogP contribution < -0.4 is 19.9 Å². The molecule has 0 saturated carbocycles. The first-order valence-corrected chi connectivity index (χ1v) is 11.7. The minimum absolute atomic E-state index is 0.173. The first-order chi connectivity index (χ1) is 14.7. The molecule has 1 saturated heterocycles. The average Bonchev–Trinajstić information content (AvgIpc) is 3.15. The maximum atomic E-state index is 11.6. The predicted molar refractivity (Wildman–Crippen MR) is 118 cm³/mol. The number of nitrogens with one attached hydrogen (secondary N) is 2. The Morgan fingerprint density at radius 1 is 1.26 bits per heavy atom. The number of anilines is 2. The van der Waals surface area contributed by atoms with Crippen molar-refractivity contribution in [3.8, 4) is 16.3 Å². The molecule has 0 spiro atoms.